The fourth-order valence-corrected chi connectivity index (χ4v) is 4.49. The van der Waals surface area contributed by atoms with Crippen molar-refractivity contribution in [2.24, 2.45) is 0 Å². The summed E-state index contributed by atoms with van der Waals surface area (Å²) in [5.41, 5.74) is 0.860. The van der Waals surface area contributed by atoms with Gasteiger partial charge in [-0.15, -0.1) is 11.3 Å². The van der Waals surface area contributed by atoms with E-state index in [1.807, 2.05) is 0 Å². The van der Waals surface area contributed by atoms with Crippen LogP contribution in [0.5, 0.6) is 0 Å². The molecule has 3 nitrogen and oxygen atoms in total. The minimum Gasteiger partial charge on any atom is -0.206 e. The van der Waals surface area contributed by atoms with Crippen molar-refractivity contribution in [2.75, 3.05) is 0 Å². The molecule has 1 aromatic carbocycles. The van der Waals surface area contributed by atoms with Crippen LogP contribution in [-0.2, 0) is 16.6 Å². The monoisotopic (exact) mass is 365 g/mol. The largest absolute Gasteiger partial charge is 0.250 e. The Morgan fingerprint density at radius 1 is 1.17 bits per heavy atom. The predicted molar refractivity (Wildman–Crippen MR) is 77.5 cm³/mol. The predicted octanol–water partition coefficient (Wildman–Crippen LogP) is 3.64. The highest BCUT2D eigenvalue weighted by atomic mass is 79.9. The van der Waals surface area contributed by atoms with Crippen molar-refractivity contribution in [3.8, 4) is 0 Å². The molecule has 7 heteroatoms. The van der Waals surface area contributed by atoms with Gasteiger partial charge in [-0.05, 0) is 45.8 Å². The van der Waals surface area contributed by atoms with Crippen molar-refractivity contribution in [2.45, 2.75) is 10.8 Å². The van der Waals surface area contributed by atoms with Gasteiger partial charge in [0.15, 0.2) is 0 Å². The lowest BCUT2D eigenvalue weighted by Gasteiger charge is -2.04. The van der Waals surface area contributed by atoms with E-state index in [1.54, 1.807) is 36.4 Å². The first-order valence-electron chi connectivity index (χ1n) is 4.97. The Labute approximate surface area is 123 Å². The number of thiophene rings is 1. The summed E-state index contributed by atoms with van der Waals surface area (Å²) in [7, 11) is -3.44. The van der Waals surface area contributed by atoms with Gasteiger partial charge in [-0.25, -0.2) is 13.1 Å². The SMILES string of the molecule is O=S(=O)(NCc1ccc(Cl)cc1)c1ccc(Br)s1. The molecule has 0 aliphatic carbocycles. The Bertz CT molecular complexity index is 637. The second-order valence-electron chi connectivity index (χ2n) is 3.51. The van der Waals surface area contributed by atoms with Crippen LogP contribution in [0.3, 0.4) is 0 Å². The number of hydrogen-bond donors (Lipinski definition) is 1. The molecule has 18 heavy (non-hydrogen) atoms. The molecule has 0 fully saturated rings. The molecule has 96 valence electrons. The lowest BCUT2D eigenvalue weighted by molar-refractivity contribution is 0.583. The summed E-state index contributed by atoms with van der Waals surface area (Å²) in [5.74, 6) is 0. The summed E-state index contributed by atoms with van der Waals surface area (Å²) in [4.78, 5) is 0. The highest BCUT2D eigenvalue weighted by Crippen LogP contribution is 2.25. The quantitative estimate of drug-likeness (QED) is 0.898. The Balaban J connectivity index is 2.08. The molecule has 0 saturated carbocycles. The first-order chi connectivity index (χ1) is 8.47. The van der Waals surface area contributed by atoms with Crippen molar-refractivity contribution in [3.63, 3.8) is 0 Å². The van der Waals surface area contributed by atoms with E-state index in [9.17, 15) is 8.42 Å². The molecule has 1 N–H and O–H groups in total. The topological polar surface area (TPSA) is 46.2 Å². The van der Waals surface area contributed by atoms with Gasteiger partial charge in [-0.1, -0.05) is 23.7 Å². The molecule has 2 rings (SSSR count). The lowest BCUT2D eigenvalue weighted by Crippen LogP contribution is -2.22. The average molecular weight is 367 g/mol. The molecule has 0 aliphatic rings. The van der Waals surface area contributed by atoms with Crippen LogP contribution < -0.4 is 4.72 Å². The number of nitrogens with one attached hydrogen (secondary N) is 1. The maximum Gasteiger partial charge on any atom is 0.250 e. The highest BCUT2D eigenvalue weighted by Gasteiger charge is 2.15. The fraction of sp³-hybridized carbons (Fsp3) is 0.0909. The first kappa shape index (κ1) is 14.0. The Kier molecular flexibility index (Phi) is 4.45. The molecule has 0 spiro atoms. The average Bonchev–Trinajstić information content (AvgIpc) is 2.76. The summed E-state index contributed by atoms with van der Waals surface area (Å²) in [6, 6.07) is 10.3. The number of halogens is 2. The molecule has 1 aromatic heterocycles. The van der Waals surface area contributed by atoms with E-state index in [1.165, 1.54) is 11.3 Å². The van der Waals surface area contributed by atoms with Gasteiger partial charge in [0.2, 0.25) is 10.0 Å². The van der Waals surface area contributed by atoms with Gasteiger partial charge in [0.05, 0.1) is 3.79 Å². The maximum atomic E-state index is 11.9. The van der Waals surface area contributed by atoms with E-state index in [0.717, 1.165) is 9.35 Å². The summed E-state index contributed by atoms with van der Waals surface area (Å²) >= 11 is 10.2. The van der Waals surface area contributed by atoms with E-state index < -0.39 is 10.0 Å². The number of benzene rings is 1. The third-order valence-corrected chi connectivity index (χ3v) is 5.96. The second kappa shape index (κ2) is 5.71. The van der Waals surface area contributed by atoms with Crippen LogP contribution in [0, 0.1) is 0 Å². The highest BCUT2D eigenvalue weighted by molar-refractivity contribution is 9.11. The molecule has 2 aromatic rings. The Morgan fingerprint density at radius 2 is 1.83 bits per heavy atom. The number of rotatable bonds is 4. The minimum absolute atomic E-state index is 0.245. The van der Waals surface area contributed by atoms with Gasteiger partial charge in [0, 0.05) is 11.6 Å². The van der Waals surface area contributed by atoms with Crippen LogP contribution in [0.4, 0.5) is 0 Å². The summed E-state index contributed by atoms with van der Waals surface area (Å²) in [6.45, 7) is 0.245. The molecule has 0 amide bonds. The van der Waals surface area contributed by atoms with Crippen LogP contribution >= 0.6 is 38.9 Å². The Hall–Kier alpha value is -0.400. The summed E-state index contributed by atoms with van der Waals surface area (Å²) < 4.78 is 27.5. The van der Waals surface area contributed by atoms with E-state index in [4.69, 9.17) is 11.6 Å². The molecular formula is C11H9BrClNO2S2. The standard InChI is InChI=1S/C11H9BrClNO2S2/c12-10-5-6-11(17-10)18(15,16)14-7-8-1-3-9(13)4-2-8/h1-6,14H,7H2. The third kappa shape index (κ3) is 3.55. The van der Waals surface area contributed by atoms with Crippen LogP contribution in [0.15, 0.2) is 44.4 Å². The van der Waals surface area contributed by atoms with Crippen LogP contribution in [0.1, 0.15) is 5.56 Å². The van der Waals surface area contributed by atoms with Crippen LogP contribution in [-0.4, -0.2) is 8.42 Å². The van der Waals surface area contributed by atoms with Crippen LogP contribution in [0.2, 0.25) is 5.02 Å². The van der Waals surface area contributed by atoms with Crippen LogP contribution in [0.25, 0.3) is 0 Å². The summed E-state index contributed by atoms with van der Waals surface area (Å²) in [5, 5.41) is 0.629. The molecular weight excluding hydrogens is 358 g/mol. The zero-order chi connectivity index (χ0) is 13.2. The molecule has 0 radical (unpaired) electrons. The third-order valence-electron chi connectivity index (χ3n) is 2.19. The zero-order valence-corrected chi connectivity index (χ0v) is 13.0. The van der Waals surface area contributed by atoms with Gasteiger partial charge in [0.25, 0.3) is 0 Å². The van der Waals surface area contributed by atoms with E-state index in [-0.39, 0.29) is 6.54 Å². The van der Waals surface area contributed by atoms with Gasteiger partial charge < -0.3 is 0 Å². The number of hydrogen-bond acceptors (Lipinski definition) is 3. The van der Waals surface area contributed by atoms with Gasteiger partial charge in [0.1, 0.15) is 4.21 Å². The van der Waals surface area contributed by atoms with Crippen molar-refractivity contribution in [3.05, 3.63) is 50.8 Å². The zero-order valence-electron chi connectivity index (χ0n) is 9.06. The molecule has 0 unspecified atom stereocenters. The van der Waals surface area contributed by atoms with Crippen molar-refractivity contribution >= 4 is 48.9 Å². The van der Waals surface area contributed by atoms with Gasteiger partial charge in [-0.2, -0.15) is 0 Å². The smallest absolute Gasteiger partial charge is 0.206 e. The molecule has 0 atom stereocenters. The second-order valence-corrected chi connectivity index (χ2v) is 8.40. The minimum atomic E-state index is -3.44. The van der Waals surface area contributed by atoms with Crippen molar-refractivity contribution < 1.29 is 8.42 Å². The van der Waals surface area contributed by atoms with Crippen molar-refractivity contribution in [1.29, 1.82) is 0 Å². The van der Waals surface area contributed by atoms with Gasteiger partial charge in [-0.3, -0.25) is 0 Å². The molecule has 1 heterocycles. The van der Waals surface area contributed by atoms with E-state index in [2.05, 4.69) is 20.7 Å². The van der Waals surface area contributed by atoms with Gasteiger partial charge >= 0.3 is 0 Å². The first-order valence-corrected chi connectivity index (χ1v) is 8.44. The molecule has 0 aliphatic heterocycles. The normalized spacial score (nSPS) is 11.7. The maximum absolute atomic E-state index is 11.9. The molecule has 0 saturated heterocycles. The number of sulfonamides is 1. The van der Waals surface area contributed by atoms with E-state index >= 15 is 0 Å². The Morgan fingerprint density at radius 3 is 2.39 bits per heavy atom. The molecule has 0 bridgehead atoms. The fourth-order valence-electron chi connectivity index (χ4n) is 1.29. The van der Waals surface area contributed by atoms with E-state index in [0.29, 0.717) is 9.23 Å². The lowest BCUT2D eigenvalue weighted by atomic mass is 10.2. The summed E-state index contributed by atoms with van der Waals surface area (Å²) in [6.07, 6.45) is 0. The van der Waals surface area contributed by atoms with Crippen molar-refractivity contribution in [1.82, 2.24) is 4.72 Å².